The second-order valence-corrected chi connectivity index (χ2v) is 3.20. The summed E-state index contributed by atoms with van der Waals surface area (Å²) in [5.74, 6) is 1.88. The van der Waals surface area contributed by atoms with Gasteiger partial charge in [0.2, 0.25) is 11.8 Å². The Bertz CT molecular complexity index is 253. The quantitative estimate of drug-likeness (QED) is 0.673. The number of aromatic nitrogens is 2. The predicted octanol–water partition coefficient (Wildman–Crippen LogP) is 0.845. The van der Waals surface area contributed by atoms with Crippen LogP contribution in [0, 0.1) is 6.92 Å². The molecular formula is C8H13N3O. The van der Waals surface area contributed by atoms with E-state index in [1.165, 1.54) is 6.42 Å². The molecule has 1 unspecified atom stereocenters. The van der Waals surface area contributed by atoms with Gasteiger partial charge < -0.3 is 9.73 Å². The summed E-state index contributed by atoms with van der Waals surface area (Å²) in [6.07, 6.45) is 2.36. The summed E-state index contributed by atoms with van der Waals surface area (Å²) in [6.45, 7) is 3.91. The zero-order chi connectivity index (χ0) is 8.39. The normalized spacial score (nSPS) is 24.2. The fraction of sp³-hybridized carbons (Fsp3) is 0.750. The summed E-state index contributed by atoms with van der Waals surface area (Å²) < 4.78 is 5.36. The molecule has 0 bridgehead atoms. The zero-order valence-corrected chi connectivity index (χ0v) is 7.21. The van der Waals surface area contributed by atoms with E-state index < -0.39 is 0 Å². The molecule has 12 heavy (non-hydrogen) atoms. The van der Waals surface area contributed by atoms with Crippen LogP contribution in [0.4, 0.5) is 0 Å². The molecule has 66 valence electrons. The van der Waals surface area contributed by atoms with Crippen LogP contribution in [-0.2, 0) is 0 Å². The van der Waals surface area contributed by atoms with Gasteiger partial charge in [-0.3, -0.25) is 0 Å². The van der Waals surface area contributed by atoms with Crippen LogP contribution in [0.25, 0.3) is 0 Å². The van der Waals surface area contributed by atoms with Crippen molar-refractivity contribution in [3.05, 3.63) is 11.8 Å². The smallest absolute Gasteiger partial charge is 0.220 e. The van der Waals surface area contributed by atoms with Crippen LogP contribution >= 0.6 is 0 Å². The minimum atomic E-state index is 0.431. The number of piperidine rings is 1. The summed E-state index contributed by atoms with van der Waals surface area (Å²) in [7, 11) is 0. The Kier molecular flexibility index (Phi) is 2.08. The minimum Gasteiger partial charge on any atom is -0.425 e. The van der Waals surface area contributed by atoms with Gasteiger partial charge in [0.1, 0.15) is 0 Å². The SMILES string of the molecule is Cc1nnc(C2CCCNC2)o1. The van der Waals surface area contributed by atoms with Crippen molar-refractivity contribution < 1.29 is 4.42 Å². The molecule has 0 aliphatic carbocycles. The third-order valence-electron chi connectivity index (χ3n) is 2.19. The third kappa shape index (κ3) is 1.48. The Morgan fingerprint density at radius 2 is 2.42 bits per heavy atom. The molecular weight excluding hydrogens is 154 g/mol. The van der Waals surface area contributed by atoms with E-state index in [4.69, 9.17) is 4.42 Å². The van der Waals surface area contributed by atoms with Crippen LogP contribution in [0.15, 0.2) is 4.42 Å². The molecule has 0 aromatic carbocycles. The van der Waals surface area contributed by atoms with Crippen LogP contribution in [-0.4, -0.2) is 23.3 Å². The highest BCUT2D eigenvalue weighted by molar-refractivity contribution is 4.93. The number of aryl methyl sites for hydroxylation is 1. The number of rotatable bonds is 1. The van der Waals surface area contributed by atoms with Crippen LogP contribution in [0.2, 0.25) is 0 Å². The highest BCUT2D eigenvalue weighted by Gasteiger charge is 2.19. The molecule has 4 heteroatoms. The fourth-order valence-electron chi connectivity index (χ4n) is 1.54. The highest BCUT2D eigenvalue weighted by Crippen LogP contribution is 2.21. The second-order valence-electron chi connectivity index (χ2n) is 3.20. The number of nitrogens with zero attached hydrogens (tertiary/aromatic N) is 2. The maximum Gasteiger partial charge on any atom is 0.220 e. The lowest BCUT2D eigenvalue weighted by Crippen LogP contribution is -2.28. The van der Waals surface area contributed by atoms with Crippen molar-refractivity contribution in [2.24, 2.45) is 0 Å². The van der Waals surface area contributed by atoms with E-state index in [9.17, 15) is 0 Å². The fourth-order valence-corrected chi connectivity index (χ4v) is 1.54. The van der Waals surface area contributed by atoms with Gasteiger partial charge in [-0.25, -0.2) is 0 Å². The Morgan fingerprint density at radius 1 is 1.50 bits per heavy atom. The van der Waals surface area contributed by atoms with Gasteiger partial charge in [-0.15, -0.1) is 10.2 Å². The van der Waals surface area contributed by atoms with E-state index in [1.807, 2.05) is 6.92 Å². The average molecular weight is 167 g/mol. The lowest BCUT2D eigenvalue weighted by molar-refractivity contribution is 0.368. The van der Waals surface area contributed by atoms with Gasteiger partial charge in [0, 0.05) is 19.4 Å². The maximum absolute atomic E-state index is 5.36. The Hall–Kier alpha value is -0.900. The summed E-state index contributed by atoms with van der Waals surface area (Å²) in [5, 5.41) is 11.1. The monoisotopic (exact) mass is 167 g/mol. The Labute approximate surface area is 71.4 Å². The highest BCUT2D eigenvalue weighted by atomic mass is 16.4. The molecule has 1 aliphatic heterocycles. The number of nitrogens with one attached hydrogen (secondary N) is 1. The van der Waals surface area contributed by atoms with Crippen LogP contribution in [0.3, 0.4) is 0 Å². The second kappa shape index (κ2) is 3.23. The largest absolute Gasteiger partial charge is 0.425 e. The summed E-state index contributed by atoms with van der Waals surface area (Å²) in [5.41, 5.74) is 0. The third-order valence-corrected chi connectivity index (χ3v) is 2.19. The molecule has 2 heterocycles. The predicted molar refractivity (Wildman–Crippen MR) is 43.9 cm³/mol. The molecule has 1 atom stereocenters. The first-order valence-electron chi connectivity index (χ1n) is 4.37. The molecule has 1 N–H and O–H groups in total. The van der Waals surface area contributed by atoms with Gasteiger partial charge in [-0.05, 0) is 19.4 Å². The van der Waals surface area contributed by atoms with Gasteiger partial charge >= 0.3 is 0 Å². The van der Waals surface area contributed by atoms with Crippen molar-refractivity contribution in [2.75, 3.05) is 13.1 Å². The van der Waals surface area contributed by atoms with Gasteiger partial charge in [-0.2, -0.15) is 0 Å². The molecule has 1 aliphatic rings. The molecule has 0 radical (unpaired) electrons. The molecule has 1 fully saturated rings. The van der Waals surface area contributed by atoms with E-state index in [-0.39, 0.29) is 0 Å². The Morgan fingerprint density at radius 3 is 3.00 bits per heavy atom. The van der Waals surface area contributed by atoms with Crippen molar-refractivity contribution in [1.82, 2.24) is 15.5 Å². The van der Waals surface area contributed by atoms with E-state index in [2.05, 4.69) is 15.5 Å². The minimum absolute atomic E-state index is 0.431. The molecule has 4 nitrogen and oxygen atoms in total. The molecule has 1 aromatic rings. The van der Waals surface area contributed by atoms with Crippen molar-refractivity contribution in [3.63, 3.8) is 0 Å². The van der Waals surface area contributed by atoms with Crippen LogP contribution in [0.1, 0.15) is 30.5 Å². The number of hydrogen-bond donors (Lipinski definition) is 1. The molecule has 1 aromatic heterocycles. The van der Waals surface area contributed by atoms with Crippen molar-refractivity contribution in [1.29, 1.82) is 0 Å². The van der Waals surface area contributed by atoms with E-state index in [0.717, 1.165) is 25.4 Å². The van der Waals surface area contributed by atoms with Crippen LogP contribution in [0.5, 0.6) is 0 Å². The van der Waals surface area contributed by atoms with E-state index in [1.54, 1.807) is 0 Å². The summed E-state index contributed by atoms with van der Waals surface area (Å²) in [4.78, 5) is 0. The van der Waals surface area contributed by atoms with Gasteiger partial charge in [0.25, 0.3) is 0 Å². The molecule has 1 saturated heterocycles. The Balaban J connectivity index is 2.08. The molecule has 0 spiro atoms. The maximum atomic E-state index is 5.36. The summed E-state index contributed by atoms with van der Waals surface area (Å²) in [6, 6.07) is 0. The van der Waals surface area contributed by atoms with Crippen molar-refractivity contribution >= 4 is 0 Å². The molecule has 2 rings (SSSR count). The molecule has 0 saturated carbocycles. The van der Waals surface area contributed by atoms with Gasteiger partial charge in [0.15, 0.2) is 0 Å². The standard InChI is InChI=1S/C8H13N3O/c1-6-10-11-8(12-6)7-3-2-4-9-5-7/h7,9H,2-5H2,1H3. The van der Waals surface area contributed by atoms with Gasteiger partial charge in [0.05, 0.1) is 0 Å². The van der Waals surface area contributed by atoms with Crippen molar-refractivity contribution in [2.45, 2.75) is 25.7 Å². The lowest BCUT2D eigenvalue weighted by Gasteiger charge is -2.18. The van der Waals surface area contributed by atoms with E-state index >= 15 is 0 Å². The first-order chi connectivity index (χ1) is 5.86. The summed E-state index contributed by atoms with van der Waals surface area (Å²) >= 11 is 0. The molecule has 0 amide bonds. The van der Waals surface area contributed by atoms with Gasteiger partial charge in [-0.1, -0.05) is 0 Å². The van der Waals surface area contributed by atoms with E-state index in [0.29, 0.717) is 11.8 Å². The average Bonchev–Trinajstić information content (AvgIpc) is 2.54. The van der Waals surface area contributed by atoms with Crippen LogP contribution < -0.4 is 5.32 Å². The first kappa shape index (κ1) is 7.73. The number of hydrogen-bond acceptors (Lipinski definition) is 4. The van der Waals surface area contributed by atoms with Crippen molar-refractivity contribution in [3.8, 4) is 0 Å². The topological polar surface area (TPSA) is 51.0 Å². The first-order valence-corrected chi connectivity index (χ1v) is 4.37. The zero-order valence-electron chi connectivity index (χ0n) is 7.21. The lowest BCUT2D eigenvalue weighted by atomic mass is 10.00.